The fourth-order valence-corrected chi connectivity index (χ4v) is 3.98. The van der Waals surface area contributed by atoms with Crippen molar-refractivity contribution in [3.05, 3.63) is 41.1 Å². The minimum absolute atomic E-state index is 0.0166. The summed E-state index contributed by atoms with van der Waals surface area (Å²) in [5.74, 6) is -7.25. The molecule has 1 aliphatic heterocycles. The Bertz CT molecular complexity index is 874. The van der Waals surface area contributed by atoms with E-state index >= 15 is 0 Å². The van der Waals surface area contributed by atoms with E-state index in [2.05, 4.69) is 0 Å². The second kappa shape index (κ2) is 8.63. The summed E-state index contributed by atoms with van der Waals surface area (Å²) in [5, 5.41) is -1.81. The molecule has 1 aliphatic rings. The lowest BCUT2D eigenvalue weighted by molar-refractivity contribution is -0.274. The maximum absolute atomic E-state index is 14.2. The van der Waals surface area contributed by atoms with Crippen LogP contribution in [0.2, 0.25) is 0 Å². The van der Waals surface area contributed by atoms with E-state index in [1.165, 1.54) is 24.3 Å². The van der Waals surface area contributed by atoms with E-state index in [1.54, 1.807) is 0 Å². The van der Waals surface area contributed by atoms with E-state index in [4.69, 9.17) is 4.74 Å². The van der Waals surface area contributed by atoms with Gasteiger partial charge in [0, 0.05) is 5.75 Å². The summed E-state index contributed by atoms with van der Waals surface area (Å²) in [6.07, 6.45) is -20.9. The summed E-state index contributed by atoms with van der Waals surface area (Å²) in [7, 11) is 1.15. The Morgan fingerprint density at radius 2 is 1.53 bits per heavy atom. The van der Waals surface area contributed by atoms with Crippen LogP contribution >= 0.6 is 11.8 Å². The van der Waals surface area contributed by atoms with Crippen LogP contribution in [0.4, 0.5) is 53.1 Å². The number of carbonyl (C=O) groups is 1. The van der Waals surface area contributed by atoms with Crippen LogP contribution in [0.15, 0.2) is 35.5 Å². The minimum atomic E-state index is -6.85. The zero-order valence-electron chi connectivity index (χ0n) is 15.6. The lowest BCUT2D eigenvalue weighted by Gasteiger charge is -2.35. The molecule has 0 spiro atoms. The number of alkyl halides is 11. The summed E-state index contributed by atoms with van der Waals surface area (Å²) >= 11 is 0.0166. The minimum Gasteiger partial charge on any atom is -0.496 e. The van der Waals surface area contributed by atoms with Crippen molar-refractivity contribution in [2.24, 2.45) is 0 Å². The molecule has 1 amide bonds. The van der Waals surface area contributed by atoms with Gasteiger partial charge in [-0.1, -0.05) is 30.0 Å². The number of carbonyl (C=O) groups excluding carboxylic acids is 1. The number of hydrogen-bond donors (Lipinski definition) is 0. The molecular formula is C17H12F11NO2S. The molecule has 1 saturated heterocycles. The molecule has 0 aromatic heterocycles. The number of hydrogen-bond acceptors (Lipinski definition) is 3. The lowest BCUT2D eigenvalue weighted by atomic mass is 10.0. The first-order chi connectivity index (χ1) is 14.4. The Balaban J connectivity index is 2.79. The van der Waals surface area contributed by atoms with Gasteiger partial charge in [-0.2, -0.15) is 48.3 Å². The van der Waals surface area contributed by atoms with Crippen LogP contribution in [0.1, 0.15) is 5.56 Å². The number of thioether (sulfide) groups is 1. The van der Waals surface area contributed by atoms with Crippen LogP contribution < -0.4 is 4.74 Å². The van der Waals surface area contributed by atoms with Gasteiger partial charge in [0.25, 0.3) is 5.24 Å². The molecule has 0 saturated carbocycles. The number of ether oxygens (including phenoxy) is 1. The highest BCUT2D eigenvalue weighted by Crippen LogP contribution is 2.52. The molecular weight excluding hydrogens is 491 g/mol. The standard InChI is InChI=1S/C17H12F11NO2S/c1-31-10-5-3-2-4-8(10)6-9-7-32-13(30)29(9)12(14(18,19)17(26,27)28)11(15(20,21)22)16(23,24)25/h2-5,9H,6-7H2,1H3/t9-/m1/s1. The van der Waals surface area contributed by atoms with E-state index in [0.29, 0.717) is 0 Å². The molecule has 0 bridgehead atoms. The highest BCUT2D eigenvalue weighted by molar-refractivity contribution is 8.13. The van der Waals surface area contributed by atoms with Gasteiger partial charge in [-0.15, -0.1) is 0 Å². The zero-order valence-corrected chi connectivity index (χ0v) is 16.4. The normalized spacial score (nSPS) is 18.2. The Morgan fingerprint density at radius 3 is 2.00 bits per heavy atom. The van der Waals surface area contributed by atoms with Crippen LogP contribution in [0.25, 0.3) is 0 Å². The molecule has 1 aromatic carbocycles. The number of para-hydroxylation sites is 1. The summed E-state index contributed by atoms with van der Waals surface area (Å²) in [5.41, 5.74) is -7.54. The van der Waals surface area contributed by atoms with Crippen LogP contribution in [0.3, 0.4) is 0 Å². The second-order valence-electron chi connectivity index (χ2n) is 6.41. The smallest absolute Gasteiger partial charge is 0.459 e. The van der Waals surface area contributed by atoms with Gasteiger partial charge < -0.3 is 4.74 Å². The maximum atomic E-state index is 14.2. The third kappa shape index (κ3) is 5.07. The maximum Gasteiger partial charge on any atom is 0.459 e. The highest BCUT2D eigenvalue weighted by atomic mass is 32.2. The third-order valence-electron chi connectivity index (χ3n) is 4.31. The van der Waals surface area contributed by atoms with E-state index < -0.39 is 64.1 Å². The summed E-state index contributed by atoms with van der Waals surface area (Å²) in [4.78, 5) is 11.3. The molecule has 1 aromatic rings. The van der Waals surface area contributed by atoms with Crippen LogP contribution in [0.5, 0.6) is 5.75 Å². The van der Waals surface area contributed by atoms with Crippen molar-refractivity contribution in [3.8, 4) is 5.75 Å². The number of halogens is 11. The number of amides is 1. The third-order valence-corrected chi connectivity index (χ3v) is 5.30. The Morgan fingerprint density at radius 1 is 1.00 bits per heavy atom. The number of benzene rings is 1. The quantitative estimate of drug-likeness (QED) is 0.439. The van der Waals surface area contributed by atoms with Gasteiger partial charge in [-0.05, 0) is 18.1 Å². The van der Waals surface area contributed by atoms with Gasteiger partial charge >= 0.3 is 24.5 Å². The van der Waals surface area contributed by atoms with Gasteiger partial charge in [0.15, 0.2) is 5.57 Å². The van der Waals surface area contributed by atoms with Crippen LogP contribution in [-0.4, -0.2) is 53.5 Å². The van der Waals surface area contributed by atoms with E-state index in [0.717, 1.165) is 7.11 Å². The molecule has 1 atom stereocenters. The van der Waals surface area contributed by atoms with Crippen LogP contribution in [-0.2, 0) is 6.42 Å². The van der Waals surface area contributed by atoms with E-state index in [9.17, 15) is 53.1 Å². The van der Waals surface area contributed by atoms with Gasteiger partial charge in [-0.3, -0.25) is 9.69 Å². The fourth-order valence-electron chi connectivity index (χ4n) is 3.00. The molecule has 1 fully saturated rings. The number of methoxy groups -OCH3 is 1. The predicted octanol–water partition coefficient (Wildman–Crippen LogP) is 6.35. The largest absolute Gasteiger partial charge is 0.496 e. The first-order valence-electron chi connectivity index (χ1n) is 8.34. The predicted molar refractivity (Wildman–Crippen MR) is 90.3 cm³/mol. The SMILES string of the molecule is COc1ccccc1C[C@@H]1CSC(=O)N1C(=C(C(F)(F)F)C(F)(F)F)C(F)(F)C(F)(F)F. The molecule has 32 heavy (non-hydrogen) atoms. The molecule has 0 unspecified atom stereocenters. The topological polar surface area (TPSA) is 29.5 Å². The van der Waals surface area contributed by atoms with Gasteiger partial charge in [0.2, 0.25) is 0 Å². The van der Waals surface area contributed by atoms with Crippen molar-refractivity contribution in [2.75, 3.05) is 12.9 Å². The Labute approximate surface area is 177 Å². The monoisotopic (exact) mass is 503 g/mol. The average Bonchev–Trinajstić information content (AvgIpc) is 2.96. The van der Waals surface area contributed by atoms with Gasteiger partial charge in [0.1, 0.15) is 11.4 Å². The van der Waals surface area contributed by atoms with E-state index in [1.807, 2.05) is 0 Å². The zero-order chi connectivity index (χ0) is 24.7. The molecule has 180 valence electrons. The van der Waals surface area contributed by atoms with Crippen molar-refractivity contribution in [1.29, 1.82) is 0 Å². The number of rotatable bonds is 5. The summed E-state index contributed by atoms with van der Waals surface area (Å²) in [6, 6.07) is 3.51. The second-order valence-corrected chi connectivity index (χ2v) is 7.38. The summed E-state index contributed by atoms with van der Waals surface area (Å²) < 4.78 is 151. The molecule has 2 rings (SSSR count). The number of nitrogens with zero attached hydrogens (tertiary/aromatic N) is 1. The van der Waals surface area contributed by atoms with Crippen LogP contribution in [0, 0.1) is 0 Å². The fraction of sp³-hybridized carbons (Fsp3) is 0.471. The lowest BCUT2D eigenvalue weighted by Crippen LogP contribution is -2.51. The van der Waals surface area contributed by atoms with E-state index in [-0.39, 0.29) is 23.1 Å². The first-order valence-corrected chi connectivity index (χ1v) is 9.33. The van der Waals surface area contributed by atoms with Crippen molar-refractivity contribution >= 4 is 17.0 Å². The molecule has 15 heteroatoms. The Kier molecular flexibility index (Phi) is 7.03. The number of allylic oxidation sites excluding steroid dienone is 2. The van der Waals surface area contributed by atoms with Crippen molar-refractivity contribution in [3.63, 3.8) is 0 Å². The van der Waals surface area contributed by atoms with Gasteiger partial charge in [0.05, 0.1) is 13.2 Å². The van der Waals surface area contributed by atoms with Crippen molar-refractivity contribution in [2.45, 2.75) is 36.9 Å². The molecule has 0 radical (unpaired) electrons. The molecule has 3 nitrogen and oxygen atoms in total. The van der Waals surface area contributed by atoms with Gasteiger partial charge in [-0.25, -0.2) is 0 Å². The Hall–Kier alpha value is -2.19. The first kappa shape index (κ1) is 26.1. The van der Waals surface area contributed by atoms with Crippen molar-refractivity contribution < 1.29 is 57.8 Å². The molecule has 0 N–H and O–H groups in total. The van der Waals surface area contributed by atoms with Crippen molar-refractivity contribution in [1.82, 2.24) is 4.90 Å². The molecule has 0 aliphatic carbocycles. The average molecular weight is 503 g/mol. The highest BCUT2D eigenvalue weighted by Gasteiger charge is 2.69. The summed E-state index contributed by atoms with van der Waals surface area (Å²) in [6.45, 7) is 0. The molecule has 1 heterocycles.